The highest BCUT2D eigenvalue weighted by molar-refractivity contribution is 5.27. The van der Waals surface area contributed by atoms with Crippen LogP contribution in [0, 0.1) is 5.92 Å². The van der Waals surface area contributed by atoms with Crippen LogP contribution in [0.5, 0.6) is 0 Å². The van der Waals surface area contributed by atoms with Crippen LogP contribution >= 0.6 is 0 Å². The predicted molar refractivity (Wildman–Crippen MR) is 71.8 cm³/mol. The molecular formula is C14H24F2N2. The fourth-order valence-electron chi connectivity index (χ4n) is 2.74. The first kappa shape index (κ1) is 15.1. The number of alkyl halides is 2. The van der Waals surface area contributed by atoms with Crippen LogP contribution in [-0.2, 0) is 0 Å². The summed E-state index contributed by atoms with van der Waals surface area (Å²) in [5, 5.41) is 5.13. The number of nitrogens with zero attached hydrogens (tertiary/aromatic N) is 2. The molecule has 0 aliphatic heterocycles. The van der Waals surface area contributed by atoms with Gasteiger partial charge in [-0.1, -0.05) is 13.3 Å². The van der Waals surface area contributed by atoms with Gasteiger partial charge in [0.05, 0.1) is 0 Å². The van der Waals surface area contributed by atoms with E-state index in [1.165, 1.54) is 5.01 Å². The van der Waals surface area contributed by atoms with E-state index in [-0.39, 0.29) is 5.70 Å². The minimum absolute atomic E-state index is 0.0894. The van der Waals surface area contributed by atoms with E-state index < -0.39 is 11.8 Å². The Bertz CT molecular complexity index is 324. The van der Waals surface area contributed by atoms with Crippen LogP contribution in [0.3, 0.4) is 0 Å². The summed E-state index contributed by atoms with van der Waals surface area (Å²) in [4.78, 5) is 0. The first-order valence-electron chi connectivity index (χ1n) is 6.81. The number of hydrogen-bond acceptors (Lipinski definition) is 2. The summed E-state index contributed by atoms with van der Waals surface area (Å²) in [5.74, 6) is -3.38. The summed E-state index contributed by atoms with van der Waals surface area (Å²) >= 11 is 0. The van der Waals surface area contributed by atoms with Crippen molar-refractivity contribution in [1.82, 2.24) is 5.01 Å². The fourth-order valence-corrected chi connectivity index (χ4v) is 2.74. The van der Waals surface area contributed by atoms with Crippen molar-refractivity contribution in [1.29, 1.82) is 0 Å². The SMILES string of the molecule is C=NN(CC)/C1=C(\C)CCCCC(CC)C1(F)F. The first-order valence-corrected chi connectivity index (χ1v) is 6.81. The van der Waals surface area contributed by atoms with E-state index in [9.17, 15) is 8.78 Å². The average Bonchev–Trinajstić information content (AvgIpc) is 2.33. The molecule has 104 valence electrons. The molecule has 1 rings (SSSR count). The molecule has 0 spiro atoms. The Kier molecular flexibility index (Phi) is 5.29. The maximum atomic E-state index is 14.7. The minimum atomic E-state index is -2.80. The first-order chi connectivity index (χ1) is 8.48. The van der Waals surface area contributed by atoms with Crippen LogP contribution in [0.4, 0.5) is 8.78 Å². The fraction of sp³-hybridized carbons (Fsp3) is 0.786. The van der Waals surface area contributed by atoms with E-state index in [4.69, 9.17) is 0 Å². The molecule has 0 saturated heterocycles. The highest BCUT2D eigenvalue weighted by Gasteiger charge is 2.45. The van der Waals surface area contributed by atoms with Gasteiger partial charge in [0.25, 0.3) is 5.92 Å². The number of hydrogen-bond donors (Lipinski definition) is 0. The van der Waals surface area contributed by atoms with E-state index >= 15 is 0 Å². The Morgan fingerprint density at radius 3 is 2.56 bits per heavy atom. The van der Waals surface area contributed by atoms with Crippen molar-refractivity contribution < 1.29 is 8.78 Å². The van der Waals surface area contributed by atoms with Gasteiger partial charge < -0.3 is 0 Å². The number of allylic oxidation sites excluding steroid dienone is 2. The van der Waals surface area contributed by atoms with Crippen molar-refractivity contribution in [3.05, 3.63) is 11.3 Å². The average molecular weight is 258 g/mol. The van der Waals surface area contributed by atoms with Gasteiger partial charge in [0.15, 0.2) is 0 Å². The largest absolute Gasteiger partial charge is 0.292 e. The number of halogens is 2. The zero-order valence-electron chi connectivity index (χ0n) is 11.7. The second-order valence-corrected chi connectivity index (χ2v) is 4.96. The van der Waals surface area contributed by atoms with Crippen LogP contribution in [0.15, 0.2) is 16.4 Å². The van der Waals surface area contributed by atoms with E-state index in [1.54, 1.807) is 6.92 Å². The molecule has 0 fully saturated rings. The third-order valence-corrected chi connectivity index (χ3v) is 3.81. The molecule has 0 saturated carbocycles. The summed E-state index contributed by atoms with van der Waals surface area (Å²) in [7, 11) is 0. The minimum Gasteiger partial charge on any atom is -0.264 e. The van der Waals surface area contributed by atoms with E-state index in [2.05, 4.69) is 11.8 Å². The molecule has 0 bridgehead atoms. The third kappa shape index (κ3) is 2.90. The molecule has 18 heavy (non-hydrogen) atoms. The molecule has 1 aliphatic rings. The number of rotatable bonds is 4. The normalized spacial score (nSPS) is 28.4. The molecule has 0 aromatic heterocycles. The maximum Gasteiger partial charge on any atom is 0.292 e. The van der Waals surface area contributed by atoms with Crippen LogP contribution in [0.25, 0.3) is 0 Å². The monoisotopic (exact) mass is 258 g/mol. The van der Waals surface area contributed by atoms with Gasteiger partial charge >= 0.3 is 0 Å². The second-order valence-electron chi connectivity index (χ2n) is 4.96. The lowest BCUT2D eigenvalue weighted by atomic mass is 9.85. The highest BCUT2D eigenvalue weighted by Crippen LogP contribution is 2.43. The molecule has 0 aromatic rings. The molecular weight excluding hydrogens is 234 g/mol. The maximum absolute atomic E-state index is 14.7. The van der Waals surface area contributed by atoms with Gasteiger partial charge in [-0.15, -0.1) is 0 Å². The quantitative estimate of drug-likeness (QED) is 0.538. The second kappa shape index (κ2) is 6.30. The van der Waals surface area contributed by atoms with Gasteiger partial charge in [-0.3, -0.25) is 5.01 Å². The molecule has 0 heterocycles. The van der Waals surface area contributed by atoms with Crippen molar-refractivity contribution in [2.24, 2.45) is 11.0 Å². The van der Waals surface area contributed by atoms with Gasteiger partial charge in [0, 0.05) is 19.2 Å². The summed E-state index contributed by atoms with van der Waals surface area (Å²) in [6.45, 7) is 9.32. The molecule has 0 radical (unpaired) electrons. The molecule has 0 N–H and O–H groups in total. The zero-order valence-corrected chi connectivity index (χ0v) is 11.7. The number of hydrazone groups is 1. The van der Waals surface area contributed by atoms with Crippen LogP contribution in [-0.4, -0.2) is 24.2 Å². The molecule has 4 heteroatoms. The summed E-state index contributed by atoms with van der Waals surface area (Å²) in [6, 6.07) is 0. The lowest BCUT2D eigenvalue weighted by Gasteiger charge is -2.35. The molecule has 1 unspecified atom stereocenters. The Morgan fingerprint density at radius 1 is 1.39 bits per heavy atom. The van der Waals surface area contributed by atoms with Crippen LogP contribution in [0.1, 0.15) is 52.9 Å². The van der Waals surface area contributed by atoms with Gasteiger partial charge in [-0.2, -0.15) is 13.9 Å². The van der Waals surface area contributed by atoms with Crippen LogP contribution < -0.4 is 0 Å². The Balaban J connectivity index is 3.24. The summed E-state index contributed by atoms with van der Waals surface area (Å²) < 4.78 is 29.3. The Morgan fingerprint density at radius 2 is 2.06 bits per heavy atom. The lowest BCUT2D eigenvalue weighted by Crippen LogP contribution is -2.39. The Labute approximate surface area is 109 Å². The highest BCUT2D eigenvalue weighted by atomic mass is 19.3. The van der Waals surface area contributed by atoms with Crippen molar-refractivity contribution >= 4 is 6.72 Å². The molecule has 1 atom stereocenters. The van der Waals surface area contributed by atoms with Crippen molar-refractivity contribution in [2.75, 3.05) is 6.54 Å². The zero-order chi connectivity index (χ0) is 13.8. The lowest BCUT2D eigenvalue weighted by molar-refractivity contribution is -0.0525. The van der Waals surface area contributed by atoms with E-state index in [0.29, 0.717) is 19.4 Å². The van der Waals surface area contributed by atoms with Crippen molar-refractivity contribution in [2.45, 2.75) is 58.8 Å². The van der Waals surface area contributed by atoms with Crippen molar-refractivity contribution in [3.63, 3.8) is 0 Å². The third-order valence-electron chi connectivity index (χ3n) is 3.81. The summed E-state index contributed by atoms with van der Waals surface area (Å²) in [6.07, 6.45) is 3.68. The smallest absolute Gasteiger partial charge is 0.264 e. The van der Waals surface area contributed by atoms with Gasteiger partial charge in [0.2, 0.25) is 0 Å². The van der Waals surface area contributed by atoms with Gasteiger partial charge in [-0.25, -0.2) is 0 Å². The van der Waals surface area contributed by atoms with Gasteiger partial charge in [-0.05, 0) is 45.1 Å². The van der Waals surface area contributed by atoms with Crippen LogP contribution in [0.2, 0.25) is 0 Å². The standard InChI is InChI=1S/C14H24F2N2/c1-5-12-10-8-7-9-11(3)13(14(12,15)16)18(6-2)17-4/h12H,4-10H2,1-3H3/b13-11+. The molecule has 2 nitrogen and oxygen atoms in total. The molecule has 0 amide bonds. The Hall–Kier alpha value is -0.930. The summed E-state index contributed by atoms with van der Waals surface area (Å²) in [5.41, 5.74) is 0.846. The molecule has 1 aliphatic carbocycles. The topological polar surface area (TPSA) is 15.6 Å². The molecule has 0 aromatic carbocycles. The van der Waals surface area contributed by atoms with E-state index in [1.807, 2.05) is 13.8 Å². The predicted octanol–water partition coefficient (Wildman–Crippen LogP) is 4.43. The van der Waals surface area contributed by atoms with Gasteiger partial charge in [0.1, 0.15) is 5.70 Å². The van der Waals surface area contributed by atoms with Crippen molar-refractivity contribution in [3.8, 4) is 0 Å². The van der Waals surface area contributed by atoms with E-state index in [0.717, 1.165) is 24.8 Å².